The van der Waals surface area contributed by atoms with Crippen molar-refractivity contribution in [2.45, 2.75) is 13.3 Å². The molecule has 1 atom stereocenters. The fraction of sp³-hybridized carbons (Fsp3) is 0.375. The van der Waals surface area contributed by atoms with Crippen LogP contribution in [0, 0.1) is 5.92 Å². The molecule has 1 unspecified atom stereocenters. The summed E-state index contributed by atoms with van der Waals surface area (Å²) in [5.41, 5.74) is 6.04. The van der Waals surface area contributed by atoms with Crippen molar-refractivity contribution in [2.24, 2.45) is 11.7 Å². The number of aromatic nitrogens is 2. The van der Waals surface area contributed by atoms with Crippen LogP contribution in [0.5, 0.6) is 0 Å². The number of aromatic amines is 1. The van der Waals surface area contributed by atoms with Gasteiger partial charge in [0.25, 0.3) is 0 Å². The minimum absolute atomic E-state index is 0.193. The number of hydrogen-bond acceptors (Lipinski definition) is 3. The van der Waals surface area contributed by atoms with E-state index in [9.17, 15) is 4.79 Å². The molecule has 0 spiro atoms. The van der Waals surface area contributed by atoms with Gasteiger partial charge in [-0.05, 0) is 6.42 Å². The number of nitrogens with zero attached hydrogens (tertiary/aromatic N) is 1. The molecule has 0 saturated heterocycles. The van der Waals surface area contributed by atoms with Crippen molar-refractivity contribution in [2.75, 3.05) is 5.32 Å². The lowest BCUT2D eigenvalue weighted by Gasteiger charge is -2.11. The van der Waals surface area contributed by atoms with Crippen LogP contribution in [0.15, 0.2) is 12.4 Å². The molecule has 6 heteroatoms. The molecular weight excluding hydrogens is 200 g/mol. The Hall–Kier alpha value is -1.43. The second kappa shape index (κ2) is 4.71. The summed E-state index contributed by atoms with van der Waals surface area (Å²) < 4.78 is 0. The van der Waals surface area contributed by atoms with E-state index < -0.39 is 5.92 Å². The predicted molar refractivity (Wildman–Crippen MR) is 57.8 cm³/mol. The molecule has 4 N–H and O–H groups in total. The highest BCUT2D eigenvalue weighted by molar-refractivity contribution is 7.80. The van der Waals surface area contributed by atoms with Crippen LogP contribution in [0.2, 0.25) is 0 Å². The highest BCUT2D eigenvalue weighted by Crippen LogP contribution is 2.08. The van der Waals surface area contributed by atoms with Crippen molar-refractivity contribution in [3.63, 3.8) is 0 Å². The molecule has 14 heavy (non-hydrogen) atoms. The zero-order valence-corrected chi connectivity index (χ0v) is 8.60. The maximum Gasteiger partial charge on any atom is 0.234 e. The third kappa shape index (κ3) is 2.53. The first-order valence-corrected chi connectivity index (χ1v) is 4.65. The van der Waals surface area contributed by atoms with E-state index in [2.05, 4.69) is 15.5 Å². The molecule has 1 aromatic heterocycles. The quantitative estimate of drug-likeness (QED) is 0.640. The van der Waals surface area contributed by atoms with Crippen molar-refractivity contribution in [3.05, 3.63) is 12.4 Å². The zero-order chi connectivity index (χ0) is 10.6. The molecule has 1 aromatic rings. The van der Waals surface area contributed by atoms with Crippen molar-refractivity contribution in [3.8, 4) is 0 Å². The molecular formula is C8H12N4OS. The number of H-pyrrole nitrogens is 1. The molecule has 0 fully saturated rings. The number of carbonyl (C=O) groups is 1. The zero-order valence-electron chi connectivity index (χ0n) is 7.78. The largest absolute Gasteiger partial charge is 0.393 e. The molecule has 1 amide bonds. The lowest BCUT2D eigenvalue weighted by Crippen LogP contribution is -2.32. The first-order valence-electron chi connectivity index (χ1n) is 4.24. The van der Waals surface area contributed by atoms with Gasteiger partial charge in [0.2, 0.25) is 5.91 Å². The molecule has 0 saturated carbocycles. The summed E-state index contributed by atoms with van der Waals surface area (Å²) in [5.74, 6) is -0.610. The van der Waals surface area contributed by atoms with Crippen LogP contribution in [-0.2, 0) is 4.79 Å². The van der Waals surface area contributed by atoms with Gasteiger partial charge in [-0.3, -0.25) is 9.89 Å². The SMILES string of the molecule is CCC(C(=O)Nc1cn[nH]c1)C(N)=S. The Labute approximate surface area is 87.1 Å². The number of anilines is 1. The van der Waals surface area contributed by atoms with E-state index >= 15 is 0 Å². The van der Waals surface area contributed by atoms with Crippen LogP contribution in [0.1, 0.15) is 13.3 Å². The lowest BCUT2D eigenvalue weighted by atomic mass is 10.1. The van der Waals surface area contributed by atoms with Gasteiger partial charge in [0, 0.05) is 6.20 Å². The number of nitrogens with one attached hydrogen (secondary N) is 2. The Bertz CT molecular complexity index is 322. The monoisotopic (exact) mass is 212 g/mol. The Morgan fingerprint density at radius 1 is 1.86 bits per heavy atom. The summed E-state index contributed by atoms with van der Waals surface area (Å²) in [6, 6.07) is 0. The number of thiocarbonyl (C=S) groups is 1. The molecule has 0 aliphatic heterocycles. The van der Waals surface area contributed by atoms with Crippen LogP contribution in [0.4, 0.5) is 5.69 Å². The highest BCUT2D eigenvalue weighted by atomic mass is 32.1. The van der Waals surface area contributed by atoms with Gasteiger partial charge < -0.3 is 11.1 Å². The van der Waals surface area contributed by atoms with Gasteiger partial charge in [-0.15, -0.1) is 0 Å². The molecule has 76 valence electrons. The second-order valence-corrected chi connectivity index (χ2v) is 3.31. The molecule has 1 rings (SSSR count). The van der Waals surface area contributed by atoms with Gasteiger partial charge >= 0.3 is 0 Å². The number of nitrogens with two attached hydrogens (primary N) is 1. The summed E-state index contributed by atoms with van der Waals surface area (Å²) in [7, 11) is 0. The van der Waals surface area contributed by atoms with Gasteiger partial charge in [-0.25, -0.2) is 0 Å². The summed E-state index contributed by atoms with van der Waals surface area (Å²) in [5, 5.41) is 8.95. The molecule has 0 bridgehead atoms. The van der Waals surface area contributed by atoms with Gasteiger partial charge in [0.05, 0.1) is 22.8 Å². The van der Waals surface area contributed by atoms with E-state index in [-0.39, 0.29) is 10.9 Å². The smallest absolute Gasteiger partial charge is 0.234 e. The highest BCUT2D eigenvalue weighted by Gasteiger charge is 2.19. The maximum atomic E-state index is 11.6. The number of carbonyl (C=O) groups excluding carboxylic acids is 1. The van der Waals surface area contributed by atoms with Gasteiger partial charge in [-0.2, -0.15) is 5.10 Å². The Kier molecular flexibility index (Phi) is 3.58. The van der Waals surface area contributed by atoms with E-state index in [0.717, 1.165) is 0 Å². The minimum atomic E-state index is -0.417. The summed E-state index contributed by atoms with van der Waals surface area (Å²) in [4.78, 5) is 11.8. The van der Waals surface area contributed by atoms with Gasteiger partial charge in [-0.1, -0.05) is 19.1 Å². The van der Waals surface area contributed by atoms with Crippen molar-refractivity contribution in [1.82, 2.24) is 10.2 Å². The average molecular weight is 212 g/mol. The number of hydrogen-bond donors (Lipinski definition) is 3. The fourth-order valence-electron chi connectivity index (χ4n) is 1.06. The van der Waals surface area contributed by atoms with Crippen molar-refractivity contribution < 1.29 is 4.79 Å². The van der Waals surface area contributed by atoms with E-state index in [4.69, 9.17) is 18.0 Å². The van der Waals surface area contributed by atoms with Gasteiger partial charge in [0.15, 0.2) is 0 Å². The number of amides is 1. The summed E-state index contributed by atoms with van der Waals surface area (Å²) >= 11 is 4.78. The Balaban J connectivity index is 2.61. The lowest BCUT2D eigenvalue weighted by molar-refractivity contribution is -0.118. The first-order chi connectivity index (χ1) is 6.65. The summed E-state index contributed by atoms with van der Waals surface area (Å²) in [6.45, 7) is 1.86. The molecule has 0 aliphatic rings. The third-order valence-electron chi connectivity index (χ3n) is 1.83. The summed E-state index contributed by atoms with van der Waals surface area (Å²) in [6.07, 6.45) is 3.70. The van der Waals surface area contributed by atoms with E-state index in [0.29, 0.717) is 12.1 Å². The van der Waals surface area contributed by atoms with Crippen LogP contribution in [-0.4, -0.2) is 21.1 Å². The van der Waals surface area contributed by atoms with Crippen LogP contribution in [0.25, 0.3) is 0 Å². The first kappa shape index (κ1) is 10.6. The van der Waals surface area contributed by atoms with E-state index in [1.165, 1.54) is 6.20 Å². The van der Waals surface area contributed by atoms with Crippen molar-refractivity contribution >= 4 is 28.8 Å². The number of rotatable bonds is 4. The minimum Gasteiger partial charge on any atom is -0.393 e. The van der Waals surface area contributed by atoms with Crippen molar-refractivity contribution in [1.29, 1.82) is 0 Å². The van der Waals surface area contributed by atoms with Crippen LogP contribution >= 0.6 is 12.2 Å². The average Bonchev–Trinajstić information content (AvgIpc) is 2.57. The fourth-order valence-corrected chi connectivity index (χ4v) is 1.34. The molecule has 0 aromatic carbocycles. The second-order valence-electron chi connectivity index (χ2n) is 2.84. The van der Waals surface area contributed by atoms with E-state index in [1.54, 1.807) is 6.20 Å². The molecule has 0 aliphatic carbocycles. The standard InChI is InChI=1S/C8H12N4OS/c1-2-6(7(9)14)8(13)12-5-3-10-11-4-5/h3-4,6H,2H2,1H3,(H2,9,14)(H,10,11)(H,12,13). The third-order valence-corrected chi connectivity index (χ3v) is 2.12. The molecule has 5 nitrogen and oxygen atoms in total. The predicted octanol–water partition coefficient (Wildman–Crippen LogP) is 0.661. The molecule has 1 heterocycles. The van der Waals surface area contributed by atoms with Gasteiger partial charge in [0.1, 0.15) is 0 Å². The normalized spacial score (nSPS) is 12.1. The van der Waals surface area contributed by atoms with Crippen LogP contribution < -0.4 is 11.1 Å². The Morgan fingerprint density at radius 3 is 3.00 bits per heavy atom. The molecule has 0 radical (unpaired) electrons. The topological polar surface area (TPSA) is 83.8 Å². The van der Waals surface area contributed by atoms with E-state index in [1.807, 2.05) is 6.92 Å². The Morgan fingerprint density at radius 2 is 2.57 bits per heavy atom. The maximum absolute atomic E-state index is 11.6. The van der Waals surface area contributed by atoms with Crippen LogP contribution in [0.3, 0.4) is 0 Å².